The summed E-state index contributed by atoms with van der Waals surface area (Å²) < 4.78 is 0. The molecular formula is C14H21N3O. The standard InChI is InChI=1S/C14H21N3O/c1-13(2,11-5-3-4-8-16-11)10-17-12(18)14(9-15)6-7-14/h3-5,8H,6-7,9-10,15H2,1-2H3,(H,17,18). The molecule has 0 unspecified atom stereocenters. The Bertz CT molecular complexity index is 424. The van der Waals surface area contributed by atoms with Gasteiger partial charge in [0, 0.05) is 30.4 Å². The molecule has 0 bridgehead atoms. The monoisotopic (exact) mass is 247 g/mol. The Morgan fingerprint density at radius 3 is 2.72 bits per heavy atom. The SMILES string of the molecule is CC(C)(CNC(=O)C1(CN)CC1)c1ccccn1. The second kappa shape index (κ2) is 4.69. The van der Waals surface area contributed by atoms with Crippen molar-refractivity contribution in [3.8, 4) is 0 Å². The van der Waals surface area contributed by atoms with E-state index in [1.165, 1.54) is 0 Å². The van der Waals surface area contributed by atoms with Gasteiger partial charge in [-0.05, 0) is 25.0 Å². The molecule has 0 aliphatic heterocycles. The lowest BCUT2D eigenvalue weighted by molar-refractivity contribution is -0.126. The van der Waals surface area contributed by atoms with Crippen molar-refractivity contribution in [2.24, 2.45) is 11.1 Å². The van der Waals surface area contributed by atoms with Gasteiger partial charge in [0.25, 0.3) is 0 Å². The number of nitrogens with zero attached hydrogens (tertiary/aromatic N) is 1. The zero-order chi connectivity index (χ0) is 13.2. The van der Waals surface area contributed by atoms with Crippen molar-refractivity contribution in [3.05, 3.63) is 30.1 Å². The number of nitrogens with two attached hydrogens (primary N) is 1. The van der Waals surface area contributed by atoms with Crippen LogP contribution in [-0.4, -0.2) is 24.0 Å². The van der Waals surface area contributed by atoms with Crippen LogP contribution in [0.4, 0.5) is 0 Å². The van der Waals surface area contributed by atoms with Gasteiger partial charge < -0.3 is 11.1 Å². The number of carbonyl (C=O) groups is 1. The predicted octanol–water partition coefficient (Wildman–Crippen LogP) is 1.21. The number of nitrogens with one attached hydrogen (secondary N) is 1. The fourth-order valence-electron chi connectivity index (χ4n) is 2.02. The van der Waals surface area contributed by atoms with Gasteiger partial charge in [0.15, 0.2) is 0 Å². The highest BCUT2D eigenvalue weighted by Crippen LogP contribution is 2.44. The first-order chi connectivity index (χ1) is 8.50. The Balaban J connectivity index is 1.95. The van der Waals surface area contributed by atoms with E-state index >= 15 is 0 Å². The minimum atomic E-state index is -0.278. The van der Waals surface area contributed by atoms with Gasteiger partial charge in [0.1, 0.15) is 0 Å². The lowest BCUT2D eigenvalue weighted by Crippen LogP contribution is -2.42. The average Bonchev–Trinajstić information content (AvgIpc) is 3.18. The van der Waals surface area contributed by atoms with Crippen LogP contribution in [0.25, 0.3) is 0 Å². The van der Waals surface area contributed by atoms with Crippen molar-refractivity contribution in [2.75, 3.05) is 13.1 Å². The molecule has 4 heteroatoms. The third-order valence-electron chi connectivity index (χ3n) is 3.78. The fraction of sp³-hybridized carbons (Fsp3) is 0.571. The first kappa shape index (κ1) is 13.0. The smallest absolute Gasteiger partial charge is 0.227 e. The van der Waals surface area contributed by atoms with Gasteiger partial charge in [-0.1, -0.05) is 19.9 Å². The molecule has 1 aromatic heterocycles. The largest absolute Gasteiger partial charge is 0.355 e. The second-order valence-electron chi connectivity index (χ2n) is 5.77. The van der Waals surface area contributed by atoms with Crippen LogP contribution in [0.3, 0.4) is 0 Å². The van der Waals surface area contributed by atoms with Crippen LogP contribution in [0.15, 0.2) is 24.4 Å². The van der Waals surface area contributed by atoms with Gasteiger partial charge in [-0.2, -0.15) is 0 Å². The molecule has 0 saturated heterocycles. The van der Waals surface area contributed by atoms with Crippen LogP contribution in [0.2, 0.25) is 0 Å². The molecule has 1 aliphatic rings. The van der Waals surface area contributed by atoms with Crippen molar-refractivity contribution in [2.45, 2.75) is 32.1 Å². The van der Waals surface area contributed by atoms with E-state index in [2.05, 4.69) is 24.1 Å². The van der Waals surface area contributed by atoms with E-state index in [1.54, 1.807) is 6.20 Å². The van der Waals surface area contributed by atoms with Crippen LogP contribution in [0.5, 0.6) is 0 Å². The Morgan fingerprint density at radius 1 is 1.50 bits per heavy atom. The van der Waals surface area contributed by atoms with Gasteiger partial charge in [-0.25, -0.2) is 0 Å². The van der Waals surface area contributed by atoms with Crippen molar-refractivity contribution in [1.82, 2.24) is 10.3 Å². The maximum Gasteiger partial charge on any atom is 0.227 e. The molecule has 98 valence electrons. The summed E-state index contributed by atoms with van der Waals surface area (Å²) in [6.07, 6.45) is 3.61. The summed E-state index contributed by atoms with van der Waals surface area (Å²) in [5, 5.41) is 3.02. The molecule has 1 heterocycles. The van der Waals surface area contributed by atoms with Gasteiger partial charge in [0.2, 0.25) is 5.91 Å². The summed E-state index contributed by atoms with van der Waals surface area (Å²) in [6, 6.07) is 5.85. The maximum atomic E-state index is 12.0. The predicted molar refractivity (Wildman–Crippen MR) is 71.0 cm³/mol. The van der Waals surface area contributed by atoms with E-state index < -0.39 is 0 Å². The topological polar surface area (TPSA) is 68.0 Å². The van der Waals surface area contributed by atoms with Crippen molar-refractivity contribution in [3.63, 3.8) is 0 Å². The summed E-state index contributed by atoms with van der Waals surface area (Å²) in [7, 11) is 0. The van der Waals surface area contributed by atoms with Crippen LogP contribution in [0.1, 0.15) is 32.4 Å². The molecule has 18 heavy (non-hydrogen) atoms. The van der Waals surface area contributed by atoms with E-state index in [1.807, 2.05) is 18.2 Å². The summed E-state index contributed by atoms with van der Waals surface area (Å²) in [5.74, 6) is 0.0917. The van der Waals surface area contributed by atoms with Crippen molar-refractivity contribution in [1.29, 1.82) is 0 Å². The molecule has 4 nitrogen and oxygen atoms in total. The van der Waals surface area contributed by atoms with Crippen LogP contribution in [-0.2, 0) is 10.2 Å². The molecule has 1 saturated carbocycles. The van der Waals surface area contributed by atoms with Crippen LogP contribution in [0, 0.1) is 5.41 Å². The maximum absolute atomic E-state index is 12.0. The first-order valence-corrected chi connectivity index (χ1v) is 6.40. The molecule has 0 radical (unpaired) electrons. The normalized spacial score (nSPS) is 17.3. The Labute approximate surface area is 108 Å². The number of carbonyl (C=O) groups excluding carboxylic acids is 1. The lowest BCUT2D eigenvalue weighted by atomic mass is 9.88. The zero-order valence-electron chi connectivity index (χ0n) is 11.1. The molecule has 3 N–H and O–H groups in total. The quantitative estimate of drug-likeness (QED) is 0.822. The molecule has 2 rings (SSSR count). The van der Waals surface area contributed by atoms with Gasteiger partial charge in [0.05, 0.1) is 5.41 Å². The Morgan fingerprint density at radius 2 is 2.22 bits per heavy atom. The summed E-state index contributed by atoms with van der Waals surface area (Å²) >= 11 is 0. The minimum absolute atomic E-state index is 0.0917. The summed E-state index contributed by atoms with van der Waals surface area (Å²) in [4.78, 5) is 16.4. The van der Waals surface area contributed by atoms with E-state index in [0.717, 1.165) is 18.5 Å². The Kier molecular flexibility index (Phi) is 3.39. The molecule has 1 amide bonds. The van der Waals surface area contributed by atoms with E-state index in [9.17, 15) is 4.79 Å². The fourth-order valence-corrected chi connectivity index (χ4v) is 2.02. The number of hydrogen-bond acceptors (Lipinski definition) is 3. The molecule has 0 atom stereocenters. The zero-order valence-corrected chi connectivity index (χ0v) is 11.1. The highest BCUT2D eigenvalue weighted by atomic mass is 16.2. The van der Waals surface area contributed by atoms with Gasteiger partial charge >= 0.3 is 0 Å². The van der Waals surface area contributed by atoms with E-state index in [4.69, 9.17) is 5.73 Å². The third kappa shape index (κ3) is 2.53. The molecule has 0 spiro atoms. The summed E-state index contributed by atoms with van der Waals surface area (Å²) in [5.41, 5.74) is 6.19. The lowest BCUT2D eigenvalue weighted by Gasteiger charge is -2.25. The highest BCUT2D eigenvalue weighted by molar-refractivity contribution is 5.85. The summed E-state index contributed by atoms with van der Waals surface area (Å²) in [6.45, 7) is 5.20. The molecule has 1 fully saturated rings. The van der Waals surface area contributed by atoms with Crippen LogP contribution < -0.4 is 11.1 Å². The van der Waals surface area contributed by atoms with Crippen LogP contribution >= 0.6 is 0 Å². The average molecular weight is 247 g/mol. The minimum Gasteiger partial charge on any atom is -0.355 e. The third-order valence-corrected chi connectivity index (χ3v) is 3.78. The number of pyridine rings is 1. The molecular weight excluding hydrogens is 226 g/mol. The van der Waals surface area contributed by atoms with Crippen molar-refractivity contribution < 1.29 is 4.79 Å². The molecule has 0 aromatic carbocycles. The second-order valence-corrected chi connectivity index (χ2v) is 5.77. The van der Waals surface area contributed by atoms with Crippen molar-refractivity contribution >= 4 is 5.91 Å². The molecule has 1 aromatic rings. The van der Waals surface area contributed by atoms with E-state index in [0.29, 0.717) is 13.1 Å². The molecule has 1 aliphatic carbocycles. The number of aromatic nitrogens is 1. The highest BCUT2D eigenvalue weighted by Gasteiger charge is 2.48. The van der Waals surface area contributed by atoms with Gasteiger partial charge in [-0.15, -0.1) is 0 Å². The number of rotatable bonds is 5. The van der Waals surface area contributed by atoms with Gasteiger partial charge in [-0.3, -0.25) is 9.78 Å². The number of amides is 1. The van der Waals surface area contributed by atoms with E-state index in [-0.39, 0.29) is 16.7 Å². The Hall–Kier alpha value is -1.42. The first-order valence-electron chi connectivity index (χ1n) is 6.40. The number of hydrogen-bond donors (Lipinski definition) is 2.